The Hall–Kier alpha value is -2.93. The van der Waals surface area contributed by atoms with Crippen LogP contribution in [0.2, 0.25) is 0 Å². The van der Waals surface area contributed by atoms with Gasteiger partial charge in [0.05, 0.1) is 12.2 Å². The minimum absolute atomic E-state index is 0.629. The Labute approximate surface area is 155 Å². The Morgan fingerprint density at radius 3 is 2.65 bits per heavy atom. The summed E-state index contributed by atoms with van der Waals surface area (Å²) in [4.78, 5) is 4.56. The van der Waals surface area contributed by atoms with Crippen LogP contribution < -0.4 is 0 Å². The molecule has 0 spiro atoms. The molecule has 0 aliphatic heterocycles. The van der Waals surface area contributed by atoms with Crippen molar-refractivity contribution < 1.29 is 4.42 Å². The molecule has 0 N–H and O–H groups in total. The van der Waals surface area contributed by atoms with Crippen LogP contribution in [0.15, 0.2) is 70.4 Å². The molecular weight excluding hydrogens is 346 g/mol. The number of aryl methyl sites for hydroxylation is 1. The van der Waals surface area contributed by atoms with E-state index in [2.05, 4.69) is 39.6 Å². The topological polar surface area (TPSA) is 69.6 Å². The third-order valence-corrected chi connectivity index (χ3v) is 4.86. The molecule has 0 amide bonds. The Morgan fingerprint density at radius 1 is 1.04 bits per heavy atom. The normalized spacial score (nSPS) is 11.0. The summed E-state index contributed by atoms with van der Waals surface area (Å²) in [5.74, 6) is 1.27. The molecule has 0 aliphatic rings. The molecule has 0 radical (unpaired) electrons. The van der Waals surface area contributed by atoms with Gasteiger partial charge in [0.2, 0.25) is 11.0 Å². The van der Waals surface area contributed by atoms with Crippen molar-refractivity contribution in [1.29, 1.82) is 0 Å². The van der Waals surface area contributed by atoms with Crippen molar-refractivity contribution in [2.45, 2.75) is 24.4 Å². The van der Waals surface area contributed by atoms with Crippen LogP contribution in [0, 0.1) is 6.92 Å². The lowest BCUT2D eigenvalue weighted by molar-refractivity contribution is 0.573. The Kier molecular flexibility index (Phi) is 4.79. The fourth-order valence-corrected chi connectivity index (χ4v) is 3.25. The molecular formula is C19H17N5OS. The smallest absolute Gasteiger partial charge is 0.226 e. The van der Waals surface area contributed by atoms with E-state index in [0.29, 0.717) is 18.2 Å². The summed E-state index contributed by atoms with van der Waals surface area (Å²) >= 11 is 1.54. The van der Waals surface area contributed by atoms with Gasteiger partial charge in [0.1, 0.15) is 6.26 Å². The summed E-state index contributed by atoms with van der Waals surface area (Å²) in [7, 11) is 0. The van der Waals surface area contributed by atoms with Crippen LogP contribution in [0.3, 0.4) is 0 Å². The largest absolute Gasteiger partial charge is 0.444 e. The summed E-state index contributed by atoms with van der Waals surface area (Å²) in [6.07, 6.45) is 1.69. The average Bonchev–Trinajstić information content (AvgIpc) is 3.31. The lowest BCUT2D eigenvalue weighted by Gasteiger charge is -2.03. The molecule has 0 unspecified atom stereocenters. The van der Waals surface area contributed by atoms with Crippen molar-refractivity contribution >= 4 is 11.8 Å². The van der Waals surface area contributed by atoms with Crippen molar-refractivity contribution in [3.63, 3.8) is 0 Å². The van der Waals surface area contributed by atoms with Gasteiger partial charge in [-0.05, 0) is 35.0 Å². The number of thioether (sulfide) groups is 1. The van der Waals surface area contributed by atoms with Gasteiger partial charge >= 0.3 is 0 Å². The van der Waals surface area contributed by atoms with E-state index in [1.807, 2.05) is 42.5 Å². The molecule has 4 aromatic rings. The van der Waals surface area contributed by atoms with Crippen molar-refractivity contribution in [3.8, 4) is 11.5 Å². The predicted octanol–water partition coefficient (Wildman–Crippen LogP) is 3.98. The zero-order valence-corrected chi connectivity index (χ0v) is 15.1. The van der Waals surface area contributed by atoms with Crippen LogP contribution in [0.25, 0.3) is 11.5 Å². The third kappa shape index (κ3) is 3.83. The number of oxazole rings is 1. The summed E-state index contributed by atoms with van der Waals surface area (Å²) < 4.78 is 7.40. The second-order valence-corrected chi connectivity index (χ2v) is 6.85. The first-order chi connectivity index (χ1) is 12.8. The minimum Gasteiger partial charge on any atom is -0.444 e. The van der Waals surface area contributed by atoms with Gasteiger partial charge in [-0.25, -0.2) is 9.67 Å². The van der Waals surface area contributed by atoms with E-state index in [1.165, 1.54) is 5.56 Å². The molecule has 2 aromatic carbocycles. The number of tetrazole rings is 1. The molecule has 7 heteroatoms. The molecule has 26 heavy (non-hydrogen) atoms. The molecule has 4 rings (SSSR count). The van der Waals surface area contributed by atoms with Crippen molar-refractivity contribution in [1.82, 2.24) is 25.2 Å². The second-order valence-electron chi connectivity index (χ2n) is 5.90. The predicted molar refractivity (Wildman–Crippen MR) is 99.6 cm³/mol. The zero-order valence-electron chi connectivity index (χ0n) is 14.2. The van der Waals surface area contributed by atoms with Crippen molar-refractivity contribution in [2.24, 2.45) is 0 Å². The number of rotatable bonds is 6. The number of hydrogen-bond donors (Lipinski definition) is 0. The molecule has 0 fully saturated rings. The highest BCUT2D eigenvalue weighted by atomic mass is 32.2. The van der Waals surface area contributed by atoms with Crippen LogP contribution in [-0.2, 0) is 12.3 Å². The van der Waals surface area contributed by atoms with Crippen LogP contribution in [-0.4, -0.2) is 25.2 Å². The van der Waals surface area contributed by atoms with E-state index in [1.54, 1.807) is 22.7 Å². The van der Waals surface area contributed by atoms with Gasteiger partial charge in [0.25, 0.3) is 0 Å². The molecule has 130 valence electrons. The monoisotopic (exact) mass is 363 g/mol. The van der Waals surface area contributed by atoms with E-state index in [9.17, 15) is 0 Å². The first kappa shape index (κ1) is 16.5. The van der Waals surface area contributed by atoms with Gasteiger partial charge in [-0.15, -0.1) is 5.10 Å². The molecule has 2 heterocycles. The van der Waals surface area contributed by atoms with Crippen molar-refractivity contribution in [3.05, 3.63) is 77.7 Å². The minimum atomic E-state index is 0.629. The molecule has 0 atom stereocenters. The highest BCUT2D eigenvalue weighted by molar-refractivity contribution is 7.98. The van der Waals surface area contributed by atoms with Gasteiger partial charge in [-0.2, -0.15) is 0 Å². The molecule has 0 saturated heterocycles. The van der Waals surface area contributed by atoms with Crippen LogP contribution >= 0.6 is 11.8 Å². The van der Waals surface area contributed by atoms with E-state index in [-0.39, 0.29) is 0 Å². The van der Waals surface area contributed by atoms with E-state index in [0.717, 1.165) is 22.0 Å². The number of aromatic nitrogens is 5. The maximum atomic E-state index is 5.60. The fraction of sp³-hybridized carbons (Fsp3) is 0.158. The molecule has 2 aromatic heterocycles. The standard InChI is InChI=1S/C19H17N5OS/c1-14-7-9-16(10-8-14)18-20-17(12-25-18)13-26-19-21-22-23-24(19)11-15-5-3-2-4-6-15/h2-10,12H,11,13H2,1H3. The maximum Gasteiger partial charge on any atom is 0.226 e. The summed E-state index contributed by atoms with van der Waals surface area (Å²) in [5.41, 5.74) is 4.20. The molecule has 6 nitrogen and oxygen atoms in total. The number of hydrogen-bond acceptors (Lipinski definition) is 6. The van der Waals surface area contributed by atoms with E-state index < -0.39 is 0 Å². The van der Waals surface area contributed by atoms with Crippen LogP contribution in [0.1, 0.15) is 16.8 Å². The third-order valence-electron chi connectivity index (χ3n) is 3.87. The van der Waals surface area contributed by atoms with Crippen LogP contribution in [0.5, 0.6) is 0 Å². The van der Waals surface area contributed by atoms with Gasteiger partial charge in [-0.3, -0.25) is 0 Å². The molecule has 0 aliphatic carbocycles. The SMILES string of the molecule is Cc1ccc(-c2nc(CSc3nnnn3Cc3ccccc3)co2)cc1. The van der Waals surface area contributed by atoms with E-state index in [4.69, 9.17) is 4.42 Å². The van der Waals surface area contributed by atoms with Gasteiger partial charge in [0.15, 0.2) is 0 Å². The summed E-state index contributed by atoms with van der Waals surface area (Å²) in [6.45, 7) is 2.70. The molecule has 0 saturated carbocycles. The first-order valence-corrected chi connectivity index (χ1v) is 9.21. The lowest BCUT2D eigenvalue weighted by atomic mass is 10.1. The second kappa shape index (κ2) is 7.53. The Balaban J connectivity index is 1.42. The average molecular weight is 363 g/mol. The first-order valence-electron chi connectivity index (χ1n) is 8.22. The van der Waals surface area contributed by atoms with Gasteiger partial charge in [0, 0.05) is 11.3 Å². The van der Waals surface area contributed by atoms with Crippen LogP contribution in [0.4, 0.5) is 0 Å². The quantitative estimate of drug-likeness (QED) is 0.483. The van der Waals surface area contributed by atoms with Crippen molar-refractivity contribution in [2.75, 3.05) is 0 Å². The highest BCUT2D eigenvalue weighted by Gasteiger charge is 2.11. The molecule has 0 bridgehead atoms. The van der Waals surface area contributed by atoms with Gasteiger partial charge < -0.3 is 4.42 Å². The highest BCUT2D eigenvalue weighted by Crippen LogP contribution is 2.24. The number of nitrogens with zero attached hydrogens (tertiary/aromatic N) is 5. The summed E-state index contributed by atoms with van der Waals surface area (Å²) in [6, 6.07) is 18.2. The summed E-state index contributed by atoms with van der Waals surface area (Å²) in [5, 5.41) is 12.7. The lowest BCUT2D eigenvalue weighted by Crippen LogP contribution is -2.03. The van der Waals surface area contributed by atoms with E-state index >= 15 is 0 Å². The Bertz CT molecular complexity index is 979. The number of benzene rings is 2. The zero-order chi connectivity index (χ0) is 17.8. The van der Waals surface area contributed by atoms with Gasteiger partial charge in [-0.1, -0.05) is 59.8 Å². The maximum absolute atomic E-state index is 5.60. The fourth-order valence-electron chi connectivity index (χ4n) is 2.50. The Morgan fingerprint density at radius 2 is 1.85 bits per heavy atom.